The second-order valence-corrected chi connectivity index (χ2v) is 8.67. The SMILES string of the molecule is CCOc1ccc(NC(=O)[C@H](N=Nc2ccc(S(=O)(=O)Nc3ccccn3)cc2)C(C)=O)cc1. The summed E-state index contributed by atoms with van der Waals surface area (Å²) >= 11 is 0. The van der Waals surface area contributed by atoms with Crippen LogP contribution in [0, 0.1) is 0 Å². The minimum Gasteiger partial charge on any atom is -0.494 e. The first-order valence-electron chi connectivity index (χ1n) is 10.3. The van der Waals surface area contributed by atoms with Crippen molar-refractivity contribution in [2.45, 2.75) is 24.8 Å². The number of azo groups is 1. The first kappa shape index (κ1) is 24.5. The molecule has 0 aliphatic heterocycles. The molecule has 0 radical (unpaired) electrons. The summed E-state index contributed by atoms with van der Waals surface area (Å²) in [5.41, 5.74) is 0.752. The van der Waals surface area contributed by atoms with E-state index in [0.29, 0.717) is 18.0 Å². The van der Waals surface area contributed by atoms with Crippen molar-refractivity contribution >= 4 is 38.9 Å². The number of benzene rings is 2. The summed E-state index contributed by atoms with van der Waals surface area (Å²) in [4.78, 5) is 28.4. The van der Waals surface area contributed by atoms with E-state index in [4.69, 9.17) is 4.74 Å². The van der Waals surface area contributed by atoms with Gasteiger partial charge in [-0.05, 0) is 74.5 Å². The fourth-order valence-electron chi connectivity index (χ4n) is 2.77. The van der Waals surface area contributed by atoms with Crippen LogP contribution >= 0.6 is 0 Å². The van der Waals surface area contributed by atoms with Gasteiger partial charge < -0.3 is 10.1 Å². The first-order chi connectivity index (χ1) is 16.3. The summed E-state index contributed by atoms with van der Waals surface area (Å²) in [6.45, 7) is 3.62. The van der Waals surface area contributed by atoms with Gasteiger partial charge in [0.2, 0.25) is 6.04 Å². The molecular weight excluding hydrogens is 458 g/mol. The molecule has 0 saturated heterocycles. The largest absolute Gasteiger partial charge is 0.494 e. The number of hydrogen-bond donors (Lipinski definition) is 2. The van der Waals surface area contributed by atoms with Crippen molar-refractivity contribution in [1.82, 2.24) is 4.98 Å². The molecular formula is C23H23N5O5S. The number of rotatable bonds is 10. The Kier molecular flexibility index (Phi) is 8.04. The van der Waals surface area contributed by atoms with Gasteiger partial charge in [-0.1, -0.05) is 6.07 Å². The molecule has 176 valence electrons. The summed E-state index contributed by atoms with van der Waals surface area (Å²) in [6, 6.07) is 15.7. The molecule has 3 aromatic rings. The molecule has 10 nitrogen and oxygen atoms in total. The standard InChI is InChI=1S/C23H23N5O5S/c1-3-33-19-11-7-17(8-12-19)25-23(30)22(16(2)29)27-26-18-9-13-20(14-10-18)34(31,32)28-21-6-4-5-15-24-21/h4-15,22H,3H2,1-2H3,(H,24,28)(H,25,30)/t22-/m1/s1. The molecule has 0 aliphatic rings. The lowest BCUT2D eigenvalue weighted by atomic mass is 10.2. The van der Waals surface area contributed by atoms with Gasteiger partial charge in [0.1, 0.15) is 11.6 Å². The number of carbonyl (C=O) groups is 2. The number of aromatic nitrogens is 1. The Labute approximate surface area is 197 Å². The Morgan fingerprint density at radius 2 is 1.74 bits per heavy atom. The normalized spacial score (nSPS) is 12.2. The topological polar surface area (TPSA) is 139 Å². The molecule has 2 aromatic carbocycles. The van der Waals surface area contributed by atoms with Crippen molar-refractivity contribution in [3.05, 3.63) is 72.9 Å². The summed E-state index contributed by atoms with van der Waals surface area (Å²) < 4.78 is 32.7. The van der Waals surface area contributed by atoms with Crippen LogP contribution in [0.4, 0.5) is 17.2 Å². The molecule has 0 bridgehead atoms. The lowest BCUT2D eigenvalue weighted by molar-refractivity contribution is -0.126. The Hall–Kier alpha value is -4.12. The van der Waals surface area contributed by atoms with Gasteiger partial charge in [0.05, 0.1) is 17.2 Å². The zero-order valence-electron chi connectivity index (χ0n) is 18.5. The summed E-state index contributed by atoms with van der Waals surface area (Å²) in [7, 11) is -3.84. The second-order valence-electron chi connectivity index (χ2n) is 6.99. The predicted octanol–water partition coefficient (Wildman–Crippen LogP) is 3.96. The highest BCUT2D eigenvalue weighted by atomic mass is 32.2. The number of ether oxygens (including phenoxy) is 1. The van der Waals surface area contributed by atoms with Crippen LogP contribution in [-0.2, 0) is 19.6 Å². The molecule has 0 spiro atoms. The fourth-order valence-corrected chi connectivity index (χ4v) is 3.77. The number of anilines is 2. The van der Waals surface area contributed by atoms with E-state index in [-0.39, 0.29) is 16.4 Å². The number of sulfonamides is 1. The van der Waals surface area contributed by atoms with Gasteiger partial charge in [-0.3, -0.25) is 14.3 Å². The number of carbonyl (C=O) groups excluding carboxylic acids is 2. The van der Waals surface area contributed by atoms with Gasteiger partial charge in [-0.2, -0.15) is 10.2 Å². The van der Waals surface area contributed by atoms with Crippen LogP contribution < -0.4 is 14.8 Å². The van der Waals surface area contributed by atoms with E-state index in [1.54, 1.807) is 36.4 Å². The third kappa shape index (κ3) is 6.69. The highest BCUT2D eigenvalue weighted by Gasteiger charge is 2.23. The molecule has 1 aromatic heterocycles. The van der Waals surface area contributed by atoms with Crippen LogP contribution in [0.5, 0.6) is 5.75 Å². The van der Waals surface area contributed by atoms with Crippen LogP contribution in [-0.4, -0.2) is 37.7 Å². The van der Waals surface area contributed by atoms with E-state index in [1.165, 1.54) is 43.5 Å². The van der Waals surface area contributed by atoms with Crippen molar-refractivity contribution in [3.63, 3.8) is 0 Å². The van der Waals surface area contributed by atoms with Crippen molar-refractivity contribution in [2.75, 3.05) is 16.6 Å². The highest BCUT2D eigenvalue weighted by Crippen LogP contribution is 2.20. The molecule has 1 heterocycles. The number of pyridine rings is 1. The third-order valence-corrected chi connectivity index (χ3v) is 5.78. The molecule has 1 amide bonds. The first-order valence-corrected chi connectivity index (χ1v) is 11.8. The Bertz CT molecular complexity index is 1260. The second kappa shape index (κ2) is 11.1. The maximum absolute atomic E-state index is 12.5. The van der Waals surface area contributed by atoms with Crippen LogP contribution in [0.1, 0.15) is 13.8 Å². The van der Waals surface area contributed by atoms with Crippen molar-refractivity contribution in [2.24, 2.45) is 10.2 Å². The average molecular weight is 482 g/mol. The molecule has 11 heteroatoms. The van der Waals surface area contributed by atoms with Gasteiger partial charge >= 0.3 is 0 Å². The van der Waals surface area contributed by atoms with E-state index in [1.807, 2.05) is 6.92 Å². The molecule has 0 aliphatic carbocycles. The number of hydrogen-bond acceptors (Lipinski definition) is 8. The maximum Gasteiger partial charge on any atom is 0.263 e. The quantitative estimate of drug-likeness (QED) is 0.332. The van der Waals surface area contributed by atoms with Crippen LogP contribution in [0.25, 0.3) is 0 Å². The zero-order valence-corrected chi connectivity index (χ0v) is 19.3. The molecule has 1 atom stereocenters. The monoisotopic (exact) mass is 481 g/mol. The maximum atomic E-state index is 12.5. The number of nitrogens with one attached hydrogen (secondary N) is 2. The predicted molar refractivity (Wildman–Crippen MR) is 127 cm³/mol. The van der Waals surface area contributed by atoms with Gasteiger partial charge in [0.15, 0.2) is 5.78 Å². The van der Waals surface area contributed by atoms with E-state index >= 15 is 0 Å². The van der Waals surface area contributed by atoms with Crippen molar-refractivity contribution in [1.29, 1.82) is 0 Å². The Morgan fingerprint density at radius 1 is 1.03 bits per heavy atom. The lowest BCUT2D eigenvalue weighted by Crippen LogP contribution is -2.31. The van der Waals surface area contributed by atoms with Gasteiger partial charge in [0.25, 0.3) is 15.9 Å². The van der Waals surface area contributed by atoms with E-state index in [2.05, 4.69) is 25.3 Å². The van der Waals surface area contributed by atoms with Crippen LogP contribution in [0.3, 0.4) is 0 Å². The number of Topliss-reactive ketones (excluding diaryl/α,β-unsaturated/α-hetero) is 1. The molecule has 0 saturated carbocycles. The molecule has 2 N–H and O–H groups in total. The zero-order chi connectivity index (χ0) is 24.6. The van der Waals surface area contributed by atoms with Crippen molar-refractivity contribution in [3.8, 4) is 5.75 Å². The van der Waals surface area contributed by atoms with Crippen molar-refractivity contribution < 1.29 is 22.7 Å². The van der Waals surface area contributed by atoms with Gasteiger partial charge in [0, 0.05) is 11.9 Å². The van der Waals surface area contributed by atoms with Crippen LogP contribution in [0.15, 0.2) is 88.1 Å². The minimum atomic E-state index is -3.84. The fraction of sp³-hybridized carbons (Fsp3) is 0.174. The van der Waals surface area contributed by atoms with Gasteiger partial charge in [-0.15, -0.1) is 0 Å². The molecule has 0 unspecified atom stereocenters. The average Bonchev–Trinajstić information content (AvgIpc) is 2.81. The summed E-state index contributed by atoms with van der Waals surface area (Å²) in [6.07, 6.45) is 1.47. The minimum absolute atomic E-state index is 0.00605. The van der Waals surface area contributed by atoms with Gasteiger partial charge in [-0.25, -0.2) is 13.4 Å². The van der Waals surface area contributed by atoms with Crippen LogP contribution in [0.2, 0.25) is 0 Å². The van der Waals surface area contributed by atoms with E-state index < -0.39 is 27.8 Å². The highest BCUT2D eigenvalue weighted by molar-refractivity contribution is 7.92. The molecule has 3 rings (SSSR count). The Balaban J connectivity index is 1.67. The smallest absolute Gasteiger partial charge is 0.263 e. The van der Waals surface area contributed by atoms with E-state index in [0.717, 1.165) is 0 Å². The number of ketones is 1. The molecule has 34 heavy (non-hydrogen) atoms. The summed E-state index contributed by atoms with van der Waals surface area (Å²) in [5.74, 6) is -0.289. The third-order valence-electron chi connectivity index (χ3n) is 4.41. The molecule has 0 fully saturated rings. The van der Waals surface area contributed by atoms with E-state index in [9.17, 15) is 18.0 Å². The number of amides is 1. The number of nitrogens with zero attached hydrogens (tertiary/aromatic N) is 3. The lowest BCUT2D eigenvalue weighted by Gasteiger charge is -2.10. The summed E-state index contributed by atoms with van der Waals surface area (Å²) in [5, 5.41) is 10.4. The Morgan fingerprint density at radius 3 is 2.32 bits per heavy atom.